The van der Waals surface area contributed by atoms with Gasteiger partial charge in [-0.3, -0.25) is 4.79 Å². The van der Waals surface area contributed by atoms with Gasteiger partial charge in [-0.15, -0.1) is 0 Å². The molecule has 1 saturated heterocycles. The van der Waals surface area contributed by atoms with Gasteiger partial charge in [0.1, 0.15) is 5.75 Å². The Bertz CT molecular complexity index is 434. The Morgan fingerprint density at radius 1 is 1.22 bits per heavy atom. The lowest BCUT2D eigenvalue weighted by Gasteiger charge is -2.28. The number of aldehydes is 1. The van der Waals surface area contributed by atoms with Crippen LogP contribution in [0.15, 0.2) is 36.0 Å². The molecule has 1 fully saturated rings. The molecular formula is C15H19NO2. The van der Waals surface area contributed by atoms with Gasteiger partial charge in [0.25, 0.3) is 0 Å². The van der Waals surface area contributed by atoms with Crippen molar-refractivity contribution in [3.63, 3.8) is 0 Å². The van der Waals surface area contributed by atoms with Crippen molar-refractivity contribution in [3.8, 4) is 5.75 Å². The monoisotopic (exact) mass is 245 g/mol. The average Bonchev–Trinajstić information content (AvgIpc) is 2.42. The SMILES string of the molecule is O=C/C(=C\Cc1ccccc1O)N1CCCCC1. The number of likely N-dealkylation sites (tertiary alicyclic amines) is 1. The highest BCUT2D eigenvalue weighted by Gasteiger charge is 2.12. The molecule has 96 valence electrons. The zero-order chi connectivity index (χ0) is 12.8. The maximum absolute atomic E-state index is 11.1. The number of carbonyl (C=O) groups is 1. The molecule has 0 aromatic heterocycles. The van der Waals surface area contributed by atoms with Gasteiger partial charge in [-0.05, 0) is 37.3 Å². The van der Waals surface area contributed by atoms with Gasteiger partial charge in [0, 0.05) is 13.1 Å². The van der Waals surface area contributed by atoms with E-state index in [1.807, 2.05) is 18.2 Å². The molecule has 1 N–H and O–H groups in total. The second-order valence-electron chi connectivity index (χ2n) is 4.63. The topological polar surface area (TPSA) is 40.5 Å². The first kappa shape index (κ1) is 12.7. The molecule has 1 heterocycles. The normalized spacial score (nSPS) is 16.7. The molecule has 1 aliphatic rings. The first-order valence-electron chi connectivity index (χ1n) is 6.48. The highest BCUT2D eigenvalue weighted by Crippen LogP contribution is 2.18. The van der Waals surface area contributed by atoms with Gasteiger partial charge in [-0.1, -0.05) is 24.3 Å². The van der Waals surface area contributed by atoms with Crippen LogP contribution < -0.4 is 0 Å². The van der Waals surface area contributed by atoms with Crippen molar-refractivity contribution >= 4 is 6.29 Å². The Morgan fingerprint density at radius 3 is 2.61 bits per heavy atom. The summed E-state index contributed by atoms with van der Waals surface area (Å²) in [4.78, 5) is 13.3. The number of aromatic hydroxyl groups is 1. The third kappa shape index (κ3) is 3.13. The number of allylic oxidation sites excluding steroid dienone is 2. The van der Waals surface area contributed by atoms with Gasteiger partial charge in [0.15, 0.2) is 6.29 Å². The minimum absolute atomic E-state index is 0.289. The lowest BCUT2D eigenvalue weighted by molar-refractivity contribution is -0.106. The fourth-order valence-corrected chi connectivity index (χ4v) is 2.30. The van der Waals surface area contributed by atoms with Crippen molar-refractivity contribution in [3.05, 3.63) is 41.6 Å². The second-order valence-corrected chi connectivity index (χ2v) is 4.63. The largest absolute Gasteiger partial charge is 0.508 e. The van der Waals surface area contributed by atoms with Crippen LogP contribution >= 0.6 is 0 Å². The average molecular weight is 245 g/mol. The van der Waals surface area contributed by atoms with Gasteiger partial charge in [-0.2, -0.15) is 0 Å². The quantitative estimate of drug-likeness (QED) is 0.654. The van der Waals surface area contributed by atoms with Crippen LogP contribution in [0, 0.1) is 0 Å². The molecular weight excluding hydrogens is 226 g/mol. The fraction of sp³-hybridized carbons (Fsp3) is 0.400. The highest BCUT2D eigenvalue weighted by atomic mass is 16.3. The minimum atomic E-state index is 0.289. The molecule has 3 heteroatoms. The molecule has 0 saturated carbocycles. The van der Waals surface area contributed by atoms with E-state index in [4.69, 9.17) is 0 Å². The number of piperidine rings is 1. The van der Waals surface area contributed by atoms with E-state index in [-0.39, 0.29) is 5.75 Å². The number of hydrogen-bond donors (Lipinski definition) is 1. The van der Waals surface area contributed by atoms with Crippen molar-refractivity contribution in [1.82, 2.24) is 4.90 Å². The summed E-state index contributed by atoms with van der Waals surface area (Å²) in [6.07, 6.45) is 6.99. The molecule has 0 radical (unpaired) electrons. The van der Waals surface area contributed by atoms with Crippen LogP contribution in [0.3, 0.4) is 0 Å². The van der Waals surface area contributed by atoms with E-state index < -0.39 is 0 Å². The Morgan fingerprint density at radius 2 is 1.94 bits per heavy atom. The van der Waals surface area contributed by atoms with Gasteiger partial charge in [0.2, 0.25) is 0 Å². The Labute approximate surface area is 108 Å². The standard InChI is InChI=1S/C15H19NO2/c17-12-14(16-10-4-1-5-11-16)9-8-13-6-2-3-7-15(13)18/h2-3,6-7,9,12,18H,1,4-5,8,10-11H2/b14-9+. The minimum Gasteiger partial charge on any atom is -0.508 e. The van der Waals surface area contributed by atoms with Gasteiger partial charge >= 0.3 is 0 Å². The molecule has 0 bridgehead atoms. The van der Waals surface area contributed by atoms with Crippen molar-refractivity contribution in [2.24, 2.45) is 0 Å². The fourth-order valence-electron chi connectivity index (χ4n) is 2.30. The predicted octanol–water partition coefficient (Wildman–Crippen LogP) is 2.50. The van der Waals surface area contributed by atoms with E-state index in [1.54, 1.807) is 12.1 Å². The first-order chi connectivity index (χ1) is 8.81. The maximum Gasteiger partial charge on any atom is 0.165 e. The third-order valence-electron chi connectivity index (χ3n) is 3.36. The molecule has 0 aliphatic carbocycles. The number of carbonyl (C=O) groups excluding carboxylic acids is 1. The Kier molecular flexibility index (Phi) is 4.40. The van der Waals surface area contributed by atoms with E-state index in [9.17, 15) is 9.90 Å². The van der Waals surface area contributed by atoms with Crippen LogP contribution in [0.1, 0.15) is 24.8 Å². The van der Waals surface area contributed by atoms with Crippen LogP contribution in [0.5, 0.6) is 5.75 Å². The summed E-state index contributed by atoms with van der Waals surface area (Å²) < 4.78 is 0. The molecule has 1 aliphatic heterocycles. The Balaban J connectivity index is 2.05. The van der Waals surface area contributed by atoms with Crippen LogP contribution in [-0.4, -0.2) is 29.4 Å². The van der Waals surface area contributed by atoms with Gasteiger partial charge < -0.3 is 10.0 Å². The number of benzene rings is 1. The van der Waals surface area contributed by atoms with E-state index in [0.29, 0.717) is 6.42 Å². The summed E-state index contributed by atoms with van der Waals surface area (Å²) in [5, 5.41) is 9.68. The summed E-state index contributed by atoms with van der Waals surface area (Å²) in [5.74, 6) is 0.289. The van der Waals surface area contributed by atoms with Crippen LogP contribution in [0.2, 0.25) is 0 Å². The summed E-state index contributed by atoms with van der Waals surface area (Å²) in [6, 6.07) is 7.24. The highest BCUT2D eigenvalue weighted by molar-refractivity contribution is 5.72. The van der Waals surface area contributed by atoms with Crippen LogP contribution in [-0.2, 0) is 11.2 Å². The van der Waals surface area contributed by atoms with Crippen LogP contribution in [0.4, 0.5) is 0 Å². The summed E-state index contributed by atoms with van der Waals surface area (Å²) in [5.41, 5.74) is 1.60. The lowest BCUT2D eigenvalue weighted by Crippen LogP contribution is -2.29. The number of phenolic OH excluding ortho intramolecular Hbond substituents is 1. The number of para-hydroxylation sites is 1. The lowest BCUT2D eigenvalue weighted by atomic mass is 10.1. The molecule has 1 aromatic rings. The maximum atomic E-state index is 11.1. The summed E-state index contributed by atoms with van der Waals surface area (Å²) in [6.45, 7) is 1.93. The van der Waals surface area contributed by atoms with E-state index in [0.717, 1.165) is 43.5 Å². The third-order valence-corrected chi connectivity index (χ3v) is 3.36. The number of nitrogens with zero attached hydrogens (tertiary/aromatic N) is 1. The number of phenols is 1. The van der Waals surface area contributed by atoms with Crippen molar-refractivity contribution < 1.29 is 9.90 Å². The van der Waals surface area contributed by atoms with Crippen molar-refractivity contribution in [2.45, 2.75) is 25.7 Å². The molecule has 3 nitrogen and oxygen atoms in total. The van der Waals surface area contributed by atoms with E-state index in [1.165, 1.54) is 6.42 Å². The van der Waals surface area contributed by atoms with Crippen molar-refractivity contribution in [1.29, 1.82) is 0 Å². The number of rotatable bonds is 4. The van der Waals surface area contributed by atoms with Crippen LogP contribution in [0.25, 0.3) is 0 Å². The predicted molar refractivity (Wildman–Crippen MR) is 71.4 cm³/mol. The summed E-state index contributed by atoms with van der Waals surface area (Å²) in [7, 11) is 0. The zero-order valence-electron chi connectivity index (χ0n) is 10.5. The molecule has 0 unspecified atom stereocenters. The molecule has 1 aromatic carbocycles. The smallest absolute Gasteiger partial charge is 0.165 e. The van der Waals surface area contributed by atoms with E-state index >= 15 is 0 Å². The first-order valence-corrected chi connectivity index (χ1v) is 6.48. The zero-order valence-corrected chi connectivity index (χ0v) is 10.5. The van der Waals surface area contributed by atoms with Gasteiger partial charge in [-0.25, -0.2) is 0 Å². The van der Waals surface area contributed by atoms with E-state index in [2.05, 4.69) is 4.90 Å². The van der Waals surface area contributed by atoms with Crippen molar-refractivity contribution in [2.75, 3.05) is 13.1 Å². The molecule has 18 heavy (non-hydrogen) atoms. The molecule has 0 atom stereocenters. The molecule has 2 rings (SSSR count). The summed E-state index contributed by atoms with van der Waals surface area (Å²) >= 11 is 0. The second kappa shape index (κ2) is 6.24. The Hall–Kier alpha value is -1.77. The number of hydrogen-bond acceptors (Lipinski definition) is 3. The molecule has 0 spiro atoms. The molecule has 0 amide bonds. The van der Waals surface area contributed by atoms with Gasteiger partial charge in [0.05, 0.1) is 5.70 Å².